The summed E-state index contributed by atoms with van der Waals surface area (Å²) in [5, 5.41) is 20.1. The second kappa shape index (κ2) is 7.16. The second-order valence-electron chi connectivity index (χ2n) is 4.25. The van der Waals surface area contributed by atoms with Gasteiger partial charge in [0.15, 0.2) is 0 Å². The summed E-state index contributed by atoms with van der Waals surface area (Å²) in [5.74, 6) is -1.68. The highest BCUT2D eigenvalue weighted by Crippen LogP contribution is 2.11. The monoisotopic (exact) mass is 316 g/mol. The average Bonchev–Trinajstić information content (AvgIpc) is 2.42. The van der Waals surface area contributed by atoms with Gasteiger partial charge in [0.25, 0.3) is 0 Å². The third-order valence-corrected chi connectivity index (χ3v) is 4.04. The number of aliphatic carboxylic acids is 1. The van der Waals surface area contributed by atoms with Gasteiger partial charge < -0.3 is 15.5 Å². The van der Waals surface area contributed by atoms with Crippen molar-refractivity contribution in [3.05, 3.63) is 29.8 Å². The number of nitrogens with one attached hydrogen (secondary N) is 2. The third kappa shape index (κ3) is 5.14. The van der Waals surface area contributed by atoms with Gasteiger partial charge in [-0.05, 0) is 17.7 Å². The van der Waals surface area contributed by atoms with E-state index in [0.29, 0.717) is 5.56 Å². The number of rotatable bonds is 7. The first-order valence-corrected chi connectivity index (χ1v) is 7.44. The number of aliphatic hydroxyl groups excluding tert-OH is 1. The summed E-state index contributed by atoms with van der Waals surface area (Å²) >= 11 is 0. The summed E-state index contributed by atoms with van der Waals surface area (Å²) in [6.07, 6.45) is 0. The van der Waals surface area contributed by atoms with E-state index in [1.54, 1.807) is 0 Å². The maximum atomic E-state index is 11.9. The summed E-state index contributed by atoms with van der Waals surface area (Å²) in [6, 6.07) is 3.97. The van der Waals surface area contributed by atoms with Crippen LogP contribution in [0.4, 0.5) is 0 Å². The molecule has 1 amide bonds. The lowest BCUT2D eigenvalue weighted by Crippen LogP contribution is -2.43. The normalized spacial score (nSPS) is 12.7. The third-order valence-electron chi connectivity index (χ3n) is 2.55. The summed E-state index contributed by atoms with van der Waals surface area (Å²) in [5.41, 5.74) is 0.695. The zero-order valence-corrected chi connectivity index (χ0v) is 12.1. The van der Waals surface area contributed by atoms with Crippen LogP contribution in [0, 0.1) is 0 Å². The number of carbonyl (C=O) groups excluding carboxylic acids is 1. The van der Waals surface area contributed by atoms with Crippen molar-refractivity contribution in [2.75, 3.05) is 6.61 Å². The van der Waals surface area contributed by atoms with Gasteiger partial charge in [0.2, 0.25) is 15.9 Å². The first-order valence-electron chi connectivity index (χ1n) is 5.95. The molecule has 0 fully saturated rings. The minimum Gasteiger partial charge on any atom is -0.480 e. The average molecular weight is 316 g/mol. The van der Waals surface area contributed by atoms with Crippen LogP contribution in [-0.2, 0) is 26.2 Å². The Morgan fingerprint density at radius 1 is 1.24 bits per heavy atom. The number of amides is 1. The lowest BCUT2D eigenvalue weighted by Gasteiger charge is -2.12. The molecule has 9 heteroatoms. The Hall–Kier alpha value is -1.97. The fourth-order valence-corrected chi connectivity index (χ4v) is 2.61. The first kappa shape index (κ1) is 17.1. The Labute approximate surface area is 121 Å². The molecule has 0 radical (unpaired) electrons. The Bertz CT molecular complexity index is 611. The van der Waals surface area contributed by atoms with E-state index >= 15 is 0 Å². The van der Waals surface area contributed by atoms with Crippen molar-refractivity contribution in [3.8, 4) is 0 Å². The minimum atomic E-state index is -4.04. The molecule has 0 aliphatic carbocycles. The maximum absolute atomic E-state index is 11.9. The fourth-order valence-electron chi connectivity index (χ4n) is 1.43. The van der Waals surface area contributed by atoms with Crippen LogP contribution in [0.2, 0.25) is 0 Å². The number of carboxylic acids is 1. The molecule has 116 valence electrons. The number of hydrogen-bond acceptors (Lipinski definition) is 5. The molecule has 0 aromatic heterocycles. The number of carbonyl (C=O) groups is 2. The molecule has 1 unspecified atom stereocenters. The van der Waals surface area contributed by atoms with Crippen molar-refractivity contribution in [3.63, 3.8) is 0 Å². The Morgan fingerprint density at radius 2 is 1.81 bits per heavy atom. The largest absolute Gasteiger partial charge is 0.480 e. The summed E-state index contributed by atoms with van der Waals surface area (Å²) in [4.78, 5) is 21.3. The molecule has 1 atom stereocenters. The fraction of sp³-hybridized carbons (Fsp3) is 0.333. The van der Waals surface area contributed by atoms with E-state index < -0.39 is 28.6 Å². The van der Waals surface area contributed by atoms with Gasteiger partial charge in [-0.15, -0.1) is 0 Å². The molecule has 4 N–H and O–H groups in total. The molecule has 0 aliphatic heterocycles. The summed E-state index contributed by atoms with van der Waals surface area (Å²) < 4.78 is 25.7. The highest BCUT2D eigenvalue weighted by Gasteiger charge is 2.24. The highest BCUT2D eigenvalue weighted by molar-refractivity contribution is 7.89. The lowest BCUT2D eigenvalue weighted by atomic mass is 10.2. The van der Waals surface area contributed by atoms with Crippen LogP contribution in [0.25, 0.3) is 0 Å². The quantitative estimate of drug-likeness (QED) is 0.512. The molecule has 0 bridgehead atoms. The number of hydrogen-bond donors (Lipinski definition) is 4. The molecule has 0 heterocycles. The molecular formula is C12H16N2O6S. The smallest absolute Gasteiger partial charge is 0.324 e. The van der Waals surface area contributed by atoms with Crippen LogP contribution in [0.15, 0.2) is 29.2 Å². The van der Waals surface area contributed by atoms with Crippen molar-refractivity contribution in [1.29, 1.82) is 0 Å². The van der Waals surface area contributed by atoms with Crippen molar-refractivity contribution >= 4 is 21.9 Å². The molecule has 8 nitrogen and oxygen atoms in total. The molecule has 0 saturated carbocycles. The first-order chi connectivity index (χ1) is 9.76. The molecule has 0 aliphatic rings. The van der Waals surface area contributed by atoms with Crippen LogP contribution in [0.5, 0.6) is 0 Å². The van der Waals surface area contributed by atoms with E-state index in [1.807, 2.05) is 4.72 Å². The molecule has 21 heavy (non-hydrogen) atoms. The molecule has 0 saturated heterocycles. The van der Waals surface area contributed by atoms with Gasteiger partial charge in [0, 0.05) is 13.5 Å². The van der Waals surface area contributed by atoms with Crippen LogP contribution < -0.4 is 10.0 Å². The predicted molar refractivity (Wildman–Crippen MR) is 72.8 cm³/mol. The second-order valence-corrected chi connectivity index (χ2v) is 5.96. The molecule has 1 aromatic rings. The van der Waals surface area contributed by atoms with Gasteiger partial charge in [0.05, 0.1) is 11.5 Å². The van der Waals surface area contributed by atoms with Gasteiger partial charge in [-0.2, -0.15) is 4.72 Å². The van der Waals surface area contributed by atoms with Gasteiger partial charge in [-0.1, -0.05) is 12.1 Å². The van der Waals surface area contributed by atoms with Crippen molar-refractivity contribution < 1.29 is 28.2 Å². The zero-order chi connectivity index (χ0) is 16.0. The van der Waals surface area contributed by atoms with Crippen LogP contribution in [0.1, 0.15) is 12.5 Å². The van der Waals surface area contributed by atoms with Gasteiger partial charge in [0.1, 0.15) is 6.04 Å². The van der Waals surface area contributed by atoms with Crippen LogP contribution >= 0.6 is 0 Å². The number of sulfonamides is 1. The Morgan fingerprint density at radius 3 is 2.24 bits per heavy atom. The topological polar surface area (TPSA) is 133 Å². The molecular weight excluding hydrogens is 300 g/mol. The van der Waals surface area contributed by atoms with Crippen molar-refractivity contribution in [1.82, 2.24) is 10.0 Å². The van der Waals surface area contributed by atoms with E-state index in [1.165, 1.54) is 31.2 Å². The zero-order valence-electron chi connectivity index (χ0n) is 11.2. The predicted octanol–water partition coefficient (Wildman–Crippen LogP) is -0.953. The summed E-state index contributed by atoms with van der Waals surface area (Å²) in [7, 11) is -4.04. The SMILES string of the molecule is CC(=O)NCc1ccc(S(=O)(=O)NC(CO)C(=O)O)cc1. The standard InChI is InChI=1S/C12H16N2O6S/c1-8(16)13-6-9-2-4-10(5-3-9)21(19,20)14-11(7-15)12(17)18/h2-5,11,14-15H,6-7H2,1H3,(H,13,16)(H,17,18). The molecule has 0 spiro atoms. The van der Waals surface area contributed by atoms with E-state index in [2.05, 4.69) is 5.32 Å². The maximum Gasteiger partial charge on any atom is 0.324 e. The number of benzene rings is 1. The van der Waals surface area contributed by atoms with E-state index in [4.69, 9.17) is 10.2 Å². The summed E-state index contributed by atoms with van der Waals surface area (Å²) in [6.45, 7) is 0.774. The van der Waals surface area contributed by atoms with E-state index in [-0.39, 0.29) is 17.3 Å². The van der Waals surface area contributed by atoms with E-state index in [9.17, 15) is 18.0 Å². The van der Waals surface area contributed by atoms with Crippen molar-refractivity contribution in [2.24, 2.45) is 0 Å². The van der Waals surface area contributed by atoms with Crippen molar-refractivity contribution in [2.45, 2.75) is 24.4 Å². The number of aliphatic hydroxyl groups is 1. The van der Waals surface area contributed by atoms with Gasteiger partial charge in [-0.3, -0.25) is 9.59 Å². The molecule has 1 rings (SSSR count). The Kier molecular flexibility index (Phi) is 5.82. The molecule has 1 aromatic carbocycles. The van der Waals surface area contributed by atoms with E-state index in [0.717, 1.165) is 0 Å². The van der Waals surface area contributed by atoms with Crippen LogP contribution in [0.3, 0.4) is 0 Å². The minimum absolute atomic E-state index is 0.131. The van der Waals surface area contributed by atoms with Gasteiger partial charge in [-0.25, -0.2) is 8.42 Å². The van der Waals surface area contributed by atoms with Gasteiger partial charge >= 0.3 is 5.97 Å². The lowest BCUT2D eigenvalue weighted by molar-refractivity contribution is -0.139. The highest BCUT2D eigenvalue weighted by atomic mass is 32.2. The van der Waals surface area contributed by atoms with Crippen LogP contribution in [-0.4, -0.2) is 43.2 Å². The Balaban J connectivity index is 2.84. The number of carboxylic acid groups (broad SMARTS) is 1.